The molecule has 0 bridgehead atoms. The van der Waals surface area contributed by atoms with Gasteiger partial charge in [-0.15, -0.1) is 11.3 Å². The van der Waals surface area contributed by atoms with Gasteiger partial charge in [-0.3, -0.25) is 4.79 Å². The van der Waals surface area contributed by atoms with Gasteiger partial charge in [-0.05, 0) is 49.9 Å². The minimum absolute atomic E-state index is 0.167. The van der Waals surface area contributed by atoms with Gasteiger partial charge in [0.25, 0.3) is 5.91 Å². The molecular weight excluding hydrogens is 410 g/mol. The Hall–Kier alpha value is -1.81. The van der Waals surface area contributed by atoms with E-state index in [0.717, 1.165) is 27.3 Å². The molecular formula is C20H27N3O4S2. The van der Waals surface area contributed by atoms with Crippen molar-refractivity contribution in [3.05, 3.63) is 44.4 Å². The highest BCUT2D eigenvalue weighted by molar-refractivity contribution is 7.89. The first-order chi connectivity index (χ1) is 13.7. The average molecular weight is 438 g/mol. The van der Waals surface area contributed by atoms with Gasteiger partial charge in [0.2, 0.25) is 10.0 Å². The van der Waals surface area contributed by atoms with Crippen molar-refractivity contribution in [2.75, 3.05) is 33.3 Å². The maximum Gasteiger partial charge on any atom is 0.273 e. The number of sulfonamides is 1. The molecule has 1 saturated heterocycles. The third kappa shape index (κ3) is 4.23. The predicted octanol–water partition coefficient (Wildman–Crippen LogP) is 2.67. The van der Waals surface area contributed by atoms with Crippen LogP contribution < -0.4 is 0 Å². The molecule has 1 aromatic heterocycles. The Morgan fingerprint density at radius 1 is 1.10 bits per heavy atom. The van der Waals surface area contributed by atoms with Crippen molar-refractivity contribution in [1.29, 1.82) is 0 Å². The van der Waals surface area contributed by atoms with Crippen molar-refractivity contribution in [3.63, 3.8) is 0 Å². The van der Waals surface area contributed by atoms with Crippen LogP contribution in [0.5, 0.6) is 0 Å². The summed E-state index contributed by atoms with van der Waals surface area (Å²) in [5, 5.41) is 2.47. The average Bonchev–Trinajstić information content (AvgIpc) is 3.15. The Balaban J connectivity index is 1.76. The number of aromatic nitrogens is 1. The van der Waals surface area contributed by atoms with E-state index in [9.17, 15) is 13.2 Å². The van der Waals surface area contributed by atoms with E-state index in [2.05, 4.69) is 4.98 Å². The number of hydrogen-bond donors (Lipinski definition) is 0. The van der Waals surface area contributed by atoms with Crippen molar-refractivity contribution in [3.8, 4) is 0 Å². The van der Waals surface area contributed by atoms with Crippen molar-refractivity contribution in [2.24, 2.45) is 0 Å². The number of carbonyl (C=O) groups is 1. The van der Waals surface area contributed by atoms with Gasteiger partial charge in [0, 0.05) is 38.7 Å². The normalized spacial score (nSPS) is 15.7. The first kappa shape index (κ1) is 21.9. The van der Waals surface area contributed by atoms with Gasteiger partial charge in [0.15, 0.2) is 0 Å². The van der Waals surface area contributed by atoms with Crippen molar-refractivity contribution >= 4 is 27.3 Å². The van der Waals surface area contributed by atoms with Crippen LogP contribution in [0, 0.1) is 27.7 Å². The fourth-order valence-electron chi connectivity index (χ4n) is 3.59. The fourth-order valence-corrected chi connectivity index (χ4v) is 6.33. The molecule has 0 N–H and O–H groups in total. The topological polar surface area (TPSA) is 79.8 Å². The van der Waals surface area contributed by atoms with Gasteiger partial charge >= 0.3 is 0 Å². The highest BCUT2D eigenvalue weighted by atomic mass is 32.2. The number of hydrogen-bond acceptors (Lipinski definition) is 6. The lowest BCUT2D eigenvalue weighted by Gasteiger charge is -2.34. The van der Waals surface area contributed by atoms with Crippen LogP contribution in [0.4, 0.5) is 0 Å². The van der Waals surface area contributed by atoms with Crippen LogP contribution in [-0.4, -0.2) is 61.8 Å². The molecule has 0 atom stereocenters. The number of piperazine rings is 1. The summed E-state index contributed by atoms with van der Waals surface area (Å²) in [7, 11) is -2.04. The largest absolute Gasteiger partial charge is 0.378 e. The Labute approximate surface area is 176 Å². The summed E-state index contributed by atoms with van der Waals surface area (Å²) in [5.74, 6) is -0.167. The second-order valence-electron chi connectivity index (χ2n) is 7.35. The number of ether oxygens (including phenoxy) is 1. The number of thiazole rings is 1. The summed E-state index contributed by atoms with van der Waals surface area (Å²) in [4.78, 5) is 19.1. The van der Waals surface area contributed by atoms with Crippen molar-refractivity contribution < 1.29 is 17.9 Å². The molecule has 0 saturated carbocycles. The molecule has 1 aliphatic heterocycles. The quantitative estimate of drug-likeness (QED) is 0.719. The fraction of sp³-hybridized carbons (Fsp3) is 0.500. The highest BCUT2D eigenvalue weighted by Gasteiger charge is 2.33. The van der Waals surface area contributed by atoms with Crippen LogP contribution in [0.3, 0.4) is 0 Å². The number of nitrogens with zero attached hydrogens (tertiary/aromatic N) is 3. The SMILES string of the molecule is COCc1nc(C(=O)N2CCN(S(=O)(=O)c3c(C)c(C)cc(C)c3C)CC2)cs1. The molecule has 2 aromatic rings. The molecule has 0 spiro atoms. The third-order valence-corrected chi connectivity index (χ3v) is 8.46. The molecule has 158 valence electrons. The van der Waals surface area contributed by atoms with Gasteiger partial charge < -0.3 is 9.64 Å². The van der Waals surface area contributed by atoms with Crippen LogP contribution in [0.2, 0.25) is 0 Å². The smallest absolute Gasteiger partial charge is 0.273 e. The molecule has 1 amide bonds. The molecule has 0 aliphatic carbocycles. The Morgan fingerprint density at radius 3 is 2.24 bits per heavy atom. The zero-order valence-corrected chi connectivity index (χ0v) is 19.1. The van der Waals surface area contributed by atoms with E-state index in [1.165, 1.54) is 15.6 Å². The summed E-state index contributed by atoms with van der Waals surface area (Å²) in [5.41, 5.74) is 3.91. The Kier molecular flexibility index (Phi) is 6.42. The minimum Gasteiger partial charge on any atom is -0.378 e. The van der Waals surface area contributed by atoms with Crippen LogP contribution in [0.25, 0.3) is 0 Å². The molecule has 29 heavy (non-hydrogen) atoms. The van der Waals surface area contributed by atoms with Crippen LogP contribution >= 0.6 is 11.3 Å². The summed E-state index contributed by atoms with van der Waals surface area (Å²) < 4.78 is 33.2. The molecule has 0 unspecified atom stereocenters. The number of aryl methyl sites for hydroxylation is 2. The van der Waals surface area contributed by atoms with Crippen LogP contribution in [0.1, 0.15) is 37.7 Å². The third-order valence-electron chi connectivity index (χ3n) is 5.46. The molecule has 1 fully saturated rings. The molecule has 2 heterocycles. The molecule has 1 aliphatic rings. The maximum atomic E-state index is 13.4. The Bertz CT molecular complexity index is 996. The van der Waals surface area contributed by atoms with Crippen LogP contribution in [-0.2, 0) is 21.4 Å². The number of carbonyl (C=O) groups excluding carboxylic acids is 1. The number of methoxy groups -OCH3 is 1. The van der Waals surface area contributed by atoms with E-state index < -0.39 is 10.0 Å². The second-order valence-corrected chi connectivity index (χ2v) is 10.2. The monoisotopic (exact) mass is 437 g/mol. The van der Waals surface area contributed by atoms with Gasteiger partial charge in [0.1, 0.15) is 10.7 Å². The Morgan fingerprint density at radius 2 is 1.69 bits per heavy atom. The van der Waals surface area contributed by atoms with E-state index in [1.54, 1.807) is 17.4 Å². The lowest BCUT2D eigenvalue weighted by molar-refractivity contribution is 0.0692. The molecule has 3 rings (SSSR count). The molecule has 7 nitrogen and oxygen atoms in total. The van der Waals surface area contributed by atoms with Gasteiger partial charge in [-0.1, -0.05) is 6.07 Å². The second kappa shape index (κ2) is 8.51. The molecule has 0 radical (unpaired) electrons. The summed E-state index contributed by atoms with van der Waals surface area (Å²) in [6.07, 6.45) is 0. The standard InChI is InChI=1S/C20H27N3O4S2/c1-13-10-14(2)16(4)19(15(13)3)29(25,26)23-8-6-22(7-9-23)20(24)17-12-28-18(21-17)11-27-5/h10,12H,6-9,11H2,1-5H3. The lowest BCUT2D eigenvalue weighted by Crippen LogP contribution is -2.50. The van der Waals surface area contributed by atoms with Gasteiger partial charge in [-0.2, -0.15) is 4.31 Å². The lowest BCUT2D eigenvalue weighted by atomic mass is 10.0. The van der Waals surface area contributed by atoms with E-state index in [4.69, 9.17) is 4.74 Å². The van der Waals surface area contributed by atoms with E-state index >= 15 is 0 Å². The number of amides is 1. The van der Waals surface area contributed by atoms with Gasteiger partial charge in [-0.25, -0.2) is 13.4 Å². The molecule has 9 heteroatoms. The van der Waals surface area contributed by atoms with Crippen molar-refractivity contribution in [2.45, 2.75) is 39.2 Å². The summed E-state index contributed by atoms with van der Waals surface area (Å²) in [6.45, 7) is 9.19. The predicted molar refractivity (Wildman–Crippen MR) is 113 cm³/mol. The first-order valence-corrected chi connectivity index (χ1v) is 11.8. The number of rotatable bonds is 5. The maximum absolute atomic E-state index is 13.4. The van der Waals surface area contributed by atoms with Crippen LogP contribution in [0.15, 0.2) is 16.3 Å². The number of benzene rings is 1. The van der Waals surface area contributed by atoms with E-state index in [0.29, 0.717) is 30.3 Å². The summed E-state index contributed by atoms with van der Waals surface area (Å²) >= 11 is 1.38. The zero-order chi connectivity index (χ0) is 21.3. The highest BCUT2D eigenvalue weighted by Crippen LogP contribution is 2.29. The minimum atomic E-state index is -3.62. The van der Waals surface area contributed by atoms with Crippen molar-refractivity contribution in [1.82, 2.24) is 14.2 Å². The van der Waals surface area contributed by atoms with E-state index in [-0.39, 0.29) is 19.0 Å². The van der Waals surface area contributed by atoms with Gasteiger partial charge in [0.05, 0.1) is 11.5 Å². The molecule has 1 aromatic carbocycles. The summed E-state index contributed by atoms with van der Waals surface area (Å²) in [6, 6.07) is 2.02. The first-order valence-electron chi connectivity index (χ1n) is 9.47. The van der Waals surface area contributed by atoms with E-state index in [1.807, 2.05) is 33.8 Å². The zero-order valence-electron chi connectivity index (χ0n) is 17.5.